The Hall–Kier alpha value is -2.66. The minimum atomic E-state index is -0.443. The molecule has 0 aromatic carbocycles. The van der Waals surface area contributed by atoms with Gasteiger partial charge in [0.15, 0.2) is 0 Å². The molecular weight excluding hydrogens is 370 g/mol. The maximum absolute atomic E-state index is 12.6. The molecule has 0 unspecified atom stereocenters. The maximum atomic E-state index is 12.6. The number of hydrogen-bond acceptors (Lipinski definition) is 6. The van der Waals surface area contributed by atoms with E-state index in [9.17, 15) is 14.9 Å². The summed E-state index contributed by atoms with van der Waals surface area (Å²) in [5, 5.41) is 9.81. The first-order valence-electron chi connectivity index (χ1n) is 10.4. The number of ether oxygens (including phenoxy) is 1. The zero-order valence-electron chi connectivity index (χ0n) is 16.9. The largest absolute Gasteiger partial charge is 0.378 e. The van der Waals surface area contributed by atoms with E-state index in [4.69, 9.17) is 9.72 Å². The third kappa shape index (κ3) is 3.79. The summed E-state index contributed by atoms with van der Waals surface area (Å²) in [5.41, 5.74) is 4.09. The predicted molar refractivity (Wildman–Crippen MR) is 107 cm³/mol. The molecule has 8 nitrogen and oxygen atoms in total. The van der Waals surface area contributed by atoms with E-state index in [1.807, 2.05) is 6.92 Å². The number of morpholine rings is 1. The van der Waals surface area contributed by atoms with Gasteiger partial charge in [0.25, 0.3) is 0 Å². The Morgan fingerprint density at radius 1 is 0.931 bits per heavy atom. The van der Waals surface area contributed by atoms with E-state index in [1.54, 1.807) is 9.80 Å². The average molecular weight is 397 g/mol. The molecular formula is C21H27N5O3. The van der Waals surface area contributed by atoms with Gasteiger partial charge in [0, 0.05) is 45.0 Å². The summed E-state index contributed by atoms with van der Waals surface area (Å²) in [6.45, 7) is 5.97. The molecule has 3 aliphatic rings. The van der Waals surface area contributed by atoms with Crippen LogP contribution in [-0.4, -0.2) is 79.1 Å². The highest BCUT2D eigenvalue weighted by molar-refractivity contribution is 6.34. The predicted octanol–water partition coefficient (Wildman–Crippen LogP) is 0.648. The number of nitriles is 1. The molecule has 0 atom stereocenters. The van der Waals surface area contributed by atoms with Crippen molar-refractivity contribution in [2.45, 2.75) is 32.6 Å². The van der Waals surface area contributed by atoms with Crippen molar-refractivity contribution >= 4 is 17.6 Å². The minimum Gasteiger partial charge on any atom is -0.378 e. The Balaban J connectivity index is 1.46. The number of rotatable bonds is 1. The van der Waals surface area contributed by atoms with E-state index in [0.29, 0.717) is 58.0 Å². The second-order valence-corrected chi connectivity index (χ2v) is 7.86. The molecule has 4 rings (SSSR count). The third-order valence-corrected chi connectivity index (χ3v) is 6.16. The minimum absolute atomic E-state index is 0.442. The third-order valence-electron chi connectivity index (χ3n) is 6.16. The lowest BCUT2D eigenvalue weighted by atomic mass is 9.88. The number of aromatic nitrogens is 1. The highest BCUT2D eigenvalue weighted by Gasteiger charge is 2.32. The quantitative estimate of drug-likeness (QED) is 0.647. The van der Waals surface area contributed by atoms with Gasteiger partial charge >= 0.3 is 11.8 Å². The van der Waals surface area contributed by atoms with E-state index in [1.165, 1.54) is 5.56 Å². The molecule has 0 saturated carbocycles. The van der Waals surface area contributed by atoms with Gasteiger partial charge in [0.1, 0.15) is 11.9 Å². The van der Waals surface area contributed by atoms with Gasteiger partial charge in [-0.05, 0) is 43.7 Å². The monoisotopic (exact) mass is 397 g/mol. The summed E-state index contributed by atoms with van der Waals surface area (Å²) in [5.74, 6) is -0.152. The lowest BCUT2D eigenvalue weighted by Crippen LogP contribution is -2.55. The van der Waals surface area contributed by atoms with Crippen molar-refractivity contribution in [3.05, 3.63) is 22.4 Å². The van der Waals surface area contributed by atoms with Crippen molar-refractivity contribution in [3.63, 3.8) is 0 Å². The van der Waals surface area contributed by atoms with Crippen LogP contribution in [0.4, 0.5) is 5.82 Å². The van der Waals surface area contributed by atoms with Gasteiger partial charge in [-0.2, -0.15) is 5.26 Å². The van der Waals surface area contributed by atoms with Crippen LogP contribution in [0.5, 0.6) is 0 Å². The van der Waals surface area contributed by atoms with Crippen LogP contribution < -0.4 is 4.90 Å². The fourth-order valence-corrected chi connectivity index (χ4v) is 4.50. The normalized spacial score (nSPS) is 19.5. The number of pyridine rings is 1. The van der Waals surface area contributed by atoms with Crippen LogP contribution >= 0.6 is 0 Å². The number of nitrogens with zero attached hydrogens (tertiary/aromatic N) is 5. The van der Waals surface area contributed by atoms with E-state index in [0.717, 1.165) is 42.8 Å². The summed E-state index contributed by atoms with van der Waals surface area (Å²) < 4.78 is 5.25. The van der Waals surface area contributed by atoms with Crippen LogP contribution in [-0.2, 0) is 27.2 Å². The molecule has 0 N–H and O–H groups in total. The Morgan fingerprint density at radius 2 is 1.52 bits per heavy atom. The Kier molecular flexibility index (Phi) is 5.67. The number of fused-ring (bicyclic) bond motifs is 1. The van der Waals surface area contributed by atoms with Gasteiger partial charge in [0.05, 0.1) is 18.8 Å². The Labute approximate surface area is 171 Å². The molecule has 0 radical (unpaired) electrons. The average Bonchev–Trinajstić information content (AvgIpc) is 2.79. The van der Waals surface area contributed by atoms with Crippen molar-refractivity contribution in [2.24, 2.45) is 0 Å². The van der Waals surface area contributed by atoms with Gasteiger partial charge in [-0.3, -0.25) is 9.59 Å². The van der Waals surface area contributed by atoms with Crippen LogP contribution in [0.3, 0.4) is 0 Å². The van der Waals surface area contributed by atoms with E-state index in [-0.39, 0.29) is 0 Å². The lowest BCUT2D eigenvalue weighted by Gasteiger charge is -2.37. The summed E-state index contributed by atoms with van der Waals surface area (Å²) in [7, 11) is 0. The Morgan fingerprint density at radius 3 is 2.14 bits per heavy atom. The zero-order chi connectivity index (χ0) is 20.4. The molecule has 2 fully saturated rings. The molecule has 3 heterocycles. The molecule has 8 heteroatoms. The van der Waals surface area contributed by atoms with Gasteiger partial charge in [-0.1, -0.05) is 0 Å². The first kappa shape index (κ1) is 19.6. The van der Waals surface area contributed by atoms with E-state index >= 15 is 0 Å². The summed E-state index contributed by atoms with van der Waals surface area (Å²) >= 11 is 0. The summed E-state index contributed by atoms with van der Waals surface area (Å²) in [6.07, 6.45) is 4.18. The number of hydrogen-bond donors (Lipinski definition) is 0. The number of aryl methyl sites for hydroxylation is 1. The van der Waals surface area contributed by atoms with Crippen molar-refractivity contribution in [3.8, 4) is 6.07 Å². The number of anilines is 1. The highest BCUT2D eigenvalue weighted by atomic mass is 16.5. The summed E-state index contributed by atoms with van der Waals surface area (Å²) in [4.78, 5) is 35.1. The van der Waals surface area contributed by atoms with Crippen molar-refractivity contribution in [1.82, 2.24) is 14.8 Å². The standard InChI is InChI=1S/C21H27N5O3/c1-15-16-4-2-3-5-17(16)18(14-22)19(23-15)24-6-8-25(9-7-24)20(27)21(28)26-10-12-29-13-11-26/h2-13H2,1H3. The maximum Gasteiger partial charge on any atom is 0.312 e. The zero-order valence-corrected chi connectivity index (χ0v) is 16.9. The van der Waals surface area contributed by atoms with Gasteiger partial charge < -0.3 is 19.4 Å². The SMILES string of the molecule is Cc1nc(N2CCN(C(=O)C(=O)N3CCOCC3)CC2)c(C#N)c2c1CCCC2. The van der Waals surface area contributed by atoms with Gasteiger partial charge in [0.2, 0.25) is 0 Å². The number of amides is 2. The smallest absolute Gasteiger partial charge is 0.312 e. The molecule has 1 aliphatic carbocycles. The number of carbonyl (C=O) groups excluding carboxylic acids is 2. The molecule has 2 amide bonds. The lowest BCUT2D eigenvalue weighted by molar-refractivity contribution is -0.154. The van der Waals surface area contributed by atoms with E-state index < -0.39 is 11.8 Å². The van der Waals surface area contributed by atoms with Crippen molar-refractivity contribution < 1.29 is 14.3 Å². The molecule has 2 saturated heterocycles. The van der Waals surface area contributed by atoms with Gasteiger partial charge in [-0.15, -0.1) is 0 Å². The molecule has 154 valence electrons. The highest BCUT2D eigenvalue weighted by Crippen LogP contribution is 2.32. The van der Waals surface area contributed by atoms with Crippen LogP contribution in [0.2, 0.25) is 0 Å². The Bertz CT molecular complexity index is 849. The van der Waals surface area contributed by atoms with E-state index in [2.05, 4.69) is 11.0 Å². The number of carbonyl (C=O) groups is 2. The number of piperazine rings is 1. The van der Waals surface area contributed by atoms with Crippen LogP contribution in [0.1, 0.15) is 35.2 Å². The summed E-state index contributed by atoms with van der Waals surface area (Å²) in [6, 6.07) is 2.39. The first-order chi connectivity index (χ1) is 14.1. The van der Waals surface area contributed by atoms with Crippen molar-refractivity contribution in [1.29, 1.82) is 5.26 Å². The second kappa shape index (κ2) is 8.37. The first-order valence-corrected chi connectivity index (χ1v) is 10.4. The topological polar surface area (TPSA) is 89.8 Å². The molecule has 1 aromatic heterocycles. The molecule has 1 aromatic rings. The fourth-order valence-electron chi connectivity index (χ4n) is 4.50. The molecule has 0 bridgehead atoms. The van der Waals surface area contributed by atoms with Crippen molar-refractivity contribution in [2.75, 3.05) is 57.4 Å². The fraction of sp³-hybridized carbons (Fsp3) is 0.619. The molecule has 2 aliphatic heterocycles. The molecule has 29 heavy (non-hydrogen) atoms. The van der Waals surface area contributed by atoms with Crippen LogP contribution in [0, 0.1) is 18.3 Å². The molecule has 0 spiro atoms. The van der Waals surface area contributed by atoms with Crippen LogP contribution in [0.15, 0.2) is 0 Å². The van der Waals surface area contributed by atoms with Gasteiger partial charge in [-0.25, -0.2) is 4.98 Å². The second-order valence-electron chi connectivity index (χ2n) is 7.86. The van der Waals surface area contributed by atoms with Crippen LogP contribution in [0.25, 0.3) is 0 Å².